The van der Waals surface area contributed by atoms with Crippen LogP contribution in [0.3, 0.4) is 0 Å². The fourth-order valence-corrected chi connectivity index (χ4v) is 4.52. The summed E-state index contributed by atoms with van der Waals surface area (Å²) in [4.78, 5) is 0.124. The largest absolute Gasteiger partial charge is 0.299 e. The number of benzene rings is 1. The average molecular weight is 465 g/mol. The third-order valence-electron chi connectivity index (χ3n) is 2.37. The Labute approximate surface area is 133 Å². The summed E-state index contributed by atoms with van der Waals surface area (Å²) >= 11 is 9.90. The minimum Gasteiger partial charge on any atom is -0.236 e. The van der Waals surface area contributed by atoms with E-state index in [1.807, 2.05) is 13.8 Å². The van der Waals surface area contributed by atoms with E-state index < -0.39 is 19.0 Å². The molecule has 0 heterocycles. The SMILES string of the molecule is CC(C)(CBr)C(Br)(Br)OS(=O)(=O)c1ccccc1. The zero-order chi connectivity index (χ0) is 14.0. The van der Waals surface area contributed by atoms with Crippen LogP contribution in [0.15, 0.2) is 35.2 Å². The molecule has 0 saturated carbocycles. The summed E-state index contributed by atoms with van der Waals surface area (Å²) in [5.41, 5.74) is -0.477. The van der Waals surface area contributed by atoms with E-state index >= 15 is 0 Å². The van der Waals surface area contributed by atoms with Crippen LogP contribution in [0.5, 0.6) is 0 Å². The Kier molecular flexibility index (Phi) is 5.46. The van der Waals surface area contributed by atoms with E-state index in [-0.39, 0.29) is 4.90 Å². The highest BCUT2D eigenvalue weighted by molar-refractivity contribution is 9.25. The molecule has 0 fully saturated rings. The number of rotatable bonds is 5. The van der Waals surface area contributed by atoms with E-state index in [4.69, 9.17) is 4.18 Å². The predicted octanol–water partition coefficient (Wildman–Crippen LogP) is 4.26. The van der Waals surface area contributed by atoms with Gasteiger partial charge in [0.2, 0.25) is 3.42 Å². The van der Waals surface area contributed by atoms with Gasteiger partial charge < -0.3 is 0 Å². The molecule has 0 N–H and O–H groups in total. The molecule has 0 aliphatic carbocycles. The van der Waals surface area contributed by atoms with Crippen molar-refractivity contribution in [1.29, 1.82) is 0 Å². The Bertz CT molecular complexity index is 498. The van der Waals surface area contributed by atoms with Gasteiger partial charge in [0.15, 0.2) is 0 Å². The van der Waals surface area contributed by atoms with Gasteiger partial charge in [-0.2, -0.15) is 8.42 Å². The van der Waals surface area contributed by atoms with Crippen LogP contribution < -0.4 is 0 Å². The maximum Gasteiger partial charge on any atom is 0.299 e. The van der Waals surface area contributed by atoms with E-state index in [1.54, 1.807) is 18.2 Å². The molecule has 18 heavy (non-hydrogen) atoms. The number of halogens is 3. The monoisotopic (exact) mass is 462 g/mol. The van der Waals surface area contributed by atoms with Gasteiger partial charge in [-0.15, -0.1) is 0 Å². The van der Waals surface area contributed by atoms with E-state index in [2.05, 4.69) is 47.8 Å². The third kappa shape index (κ3) is 3.79. The van der Waals surface area contributed by atoms with Crippen LogP contribution in [-0.2, 0) is 14.3 Å². The van der Waals surface area contributed by atoms with E-state index in [0.717, 1.165) is 0 Å². The van der Waals surface area contributed by atoms with Crippen molar-refractivity contribution in [2.45, 2.75) is 22.2 Å². The highest BCUT2D eigenvalue weighted by Gasteiger charge is 2.45. The standard InChI is InChI=1S/C11H13Br3O3S/c1-10(2,8-12)11(13,14)17-18(15,16)9-6-4-3-5-7-9/h3-7H,8H2,1-2H3. The summed E-state index contributed by atoms with van der Waals surface area (Å²) in [6.07, 6.45) is 0. The molecule has 0 aliphatic rings. The van der Waals surface area contributed by atoms with Crippen LogP contribution in [0.4, 0.5) is 0 Å². The van der Waals surface area contributed by atoms with Gasteiger partial charge in [-0.3, -0.25) is 0 Å². The van der Waals surface area contributed by atoms with Crippen molar-refractivity contribution in [2.75, 3.05) is 5.33 Å². The molecule has 1 aromatic rings. The summed E-state index contributed by atoms with van der Waals surface area (Å²) < 4.78 is 28.3. The second-order valence-corrected chi connectivity index (χ2v) is 9.79. The van der Waals surface area contributed by atoms with Crippen molar-refractivity contribution in [3.63, 3.8) is 0 Å². The van der Waals surface area contributed by atoms with Gasteiger partial charge >= 0.3 is 0 Å². The first kappa shape index (κ1) is 16.6. The number of hydrogen-bond acceptors (Lipinski definition) is 3. The zero-order valence-electron chi connectivity index (χ0n) is 9.86. The molecule has 0 aromatic heterocycles. The Morgan fingerprint density at radius 3 is 2.11 bits per heavy atom. The zero-order valence-corrected chi connectivity index (χ0v) is 15.4. The van der Waals surface area contributed by atoms with Crippen LogP contribution in [-0.4, -0.2) is 17.2 Å². The minimum atomic E-state index is -3.83. The third-order valence-corrected chi connectivity index (χ3v) is 7.99. The molecule has 0 unspecified atom stereocenters. The Morgan fingerprint density at radius 1 is 1.17 bits per heavy atom. The Hall–Kier alpha value is 0.570. The molecule has 0 aliphatic heterocycles. The normalized spacial score (nSPS) is 13.6. The number of hydrogen-bond donors (Lipinski definition) is 0. The van der Waals surface area contributed by atoms with Gasteiger partial charge in [0.05, 0.1) is 4.90 Å². The fourth-order valence-electron chi connectivity index (χ4n) is 0.964. The van der Waals surface area contributed by atoms with E-state index in [9.17, 15) is 8.42 Å². The summed E-state index contributed by atoms with van der Waals surface area (Å²) in [5, 5.41) is 0.556. The molecule has 0 amide bonds. The Morgan fingerprint density at radius 2 is 1.67 bits per heavy atom. The Balaban J connectivity index is 3.05. The van der Waals surface area contributed by atoms with Crippen molar-refractivity contribution >= 4 is 57.9 Å². The molecule has 7 heteroatoms. The molecule has 3 nitrogen and oxygen atoms in total. The quantitative estimate of drug-likeness (QED) is 0.483. The van der Waals surface area contributed by atoms with Gasteiger partial charge in [0.1, 0.15) is 0 Å². The highest BCUT2D eigenvalue weighted by atomic mass is 79.9. The maximum atomic E-state index is 12.1. The second-order valence-electron chi connectivity index (χ2n) is 4.38. The molecule has 0 bridgehead atoms. The van der Waals surface area contributed by atoms with Gasteiger partial charge in [-0.1, -0.05) is 48.0 Å². The van der Waals surface area contributed by atoms with Crippen LogP contribution in [0.1, 0.15) is 13.8 Å². The van der Waals surface area contributed by atoms with Crippen molar-refractivity contribution in [1.82, 2.24) is 0 Å². The van der Waals surface area contributed by atoms with E-state index in [0.29, 0.717) is 5.33 Å². The first-order valence-corrected chi connectivity index (χ1v) is 9.18. The first-order chi connectivity index (χ1) is 8.12. The second kappa shape index (κ2) is 5.91. The molecule has 1 rings (SSSR count). The van der Waals surface area contributed by atoms with Crippen LogP contribution in [0, 0.1) is 5.41 Å². The van der Waals surface area contributed by atoms with Crippen molar-refractivity contribution < 1.29 is 12.6 Å². The number of alkyl halides is 3. The first-order valence-electron chi connectivity index (χ1n) is 5.07. The molecule has 0 atom stereocenters. The molecule has 0 spiro atoms. The topological polar surface area (TPSA) is 43.4 Å². The van der Waals surface area contributed by atoms with Gasteiger partial charge in [0, 0.05) is 10.7 Å². The molecule has 0 radical (unpaired) electrons. The van der Waals surface area contributed by atoms with Crippen molar-refractivity contribution in [3.05, 3.63) is 30.3 Å². The fraction of sp³-hybridized carbons (Fsp3) is 0.455. The van der Waals surface area contributed by atoms with Crippen molar-refractivity contribution in [2.24, 2.45) is 5.41 Å². The molecule has 0 saturated heterocycles. The lowest BCUT2D eigenvalue weighted by molar-refractivity contribution is 0.158. The summed E-state index contributed by atoms with van der Waals surface area (Å²) in [6.45, 7) is 3.73. The molecule has 102 valence electrons. The maximum absolute atomic E-state index is 12.1. The molecule has 1 aromatic carbocycles. The lowest BCUT2D eigenvalue weighted by atomic mass is 9.98. The van der Waals surface area contributed by atoms with Crippen LogP contribution in [0.25, 0.3) is 0 Å². The van der Waals surface area contributed by atoms with Crippen LogP contribution in [0.2, 0.25) is 0 Å². The van der Waals surface area contributed by atoms with Gasteiger partial charge in [-0.25, -0.2) is 4.18 Å². The highest BCUT2D eigenvalue weighted by Crippen LogP contribution is 2.47. The smallest absolute Gasteiger partial charge is 0.236 e. The van der Waals surface area contributed by atoms with Crippen LogP contribution >= 0.6 is 47.8 Å². The predicted molar refractivity (Wildman–Crippen MR) is 82.9 cm³/mol. The summed E-state index contributed by atoms with van der Waals surface area (Å²) in [5.74, 6) is 0. The lowest BCUT2D eigenvalue weighted by Crippen LogP contribution is -2.39. The molecular weight excluding hydrogens is 452 g/mol. The average Bonchev–Trinajstić information content (AvgIpc) is 2.28. The van der Waals surface area contributed by atoms with E-state index in [1.165, 1.54) is 12.1 Å². The summed E-state index contributed by atoms with van der Waals surface area (Å²) in [7, 11) is -3.83. The summed E-state index contributed by atoms with van der Waals surface area (Å²) in [6, 6.07) is 8.03. The van der Waals surface area contributed by atoms with Gasteiger partial charge in [-0.05, 0) is 44.0 Å². The lowest BCUT2D eigenvalue weighted by Gasteiger charge is -2.35. The molecular formula is C11H13Br3O3S. The van der Waals surface area contributed by atoms with Crippen molar-refractivity contribution in [3.8, 4) is 0 Å². The van der Waals surface area contributed by atoms with Gasteiger partial charge in [0.25, 0.3) is 10.1 Å². The minimum absolute atomic E-state index is 0.124.